The first-order valence-corrected chi connectivity index (χ1v) is 7.12. The average molecular weight is 285 g/mol. The summed E-state index contributed by atoms with van der Waals surface area (Å²) in [5.41, 5.74) is 8.80. The molecule has 21 heavy (non-hydrogen) atoms. The predicted molar refractivity (Wildman–Crippen MR) is 87.6 cm³/mol. The number of anilines is 1. The Morgan fingerprint density at radius 2 is 1.86 bits per heavy atom. The normalized spacial score (nSPS) is 9.48. The van der Waals surface area contributed by atoms with Gasteiger partial charge >= 0.3 is 0 Å². The Morgan fingerprint density at radius 1 is 1.19 bits per heavy atom. The first kappa shape index (κ1) is 16.7. The molecule has 0 radical (unpaired) electrons. The van der Waals surface area contributed by atoms with Crippen LogP contribution in [0, 0.1) is 0 Å². The van der Waals surface area contributed by atoms with Crippen molar-refractivity contribution in [2.75, 3.05) is 5.73 Å². The Hall–Kier alpha value is -2.36. The topological polar surface area (TPSA) is 68.0 Å². The van der Waals surface area contributed by atoms with Crippen molar-refractivity contribution in [3.8, 4) is 11.1 Å². The third-order valence-corrected chi connectivity index (χ3v) is 2.58. The maximum absolute atomic E-state index is 10.9. The fourth-order valence-corrected chi connectivity index (χ4v) is 1.72. The van der Waals surface area contributed by atoms with E-state index in [0.717, 1.165) is 16.7 Å². The van der Waals surface area contributed by atoms with Crippen molar-refractivity contribution in [2.45, 2.75) is 33.7 Å². The molecule has 1 heterocycles. The van der Waals surface area contributed by atoms with Gasteiger partial charge in [0.05, 0.1) is 0 Å². The summed E-state index contributed by atoms with van der Waals surface area (Å²) in [5.74, 6) is 0.466. The van der Waals surface area contributed by atoms with Gasteiger partial charge in [-0.05, 0) is 34.9 Å². The molecule has 0 aliphatic heterocycles. The Kier molecular flexibility index (Phi) is 6.95. The van der Waals surface area contributed by atoms with Crippen molar-refractivity contribution in [3.63, 3.8) is 0 Å². The van der Waals surface area contributed by atoms with Gasteiger partial charge in [-0.3, -0.25) is 4.79 Å². The second-order valence-corrected chi connectivity index (χ2v) is 4.79. The van der Waals surface area contributed by atoms with E-state index in [9.17, 15) is 4.79 Å². The van der Waals surface area contributed by atoms with Crippen LogP contribution in [0.2, 0.25) is 0 Å². The summed E-state index contributed by atoms with van der Waals surface area (Å²) in [6.07, 6.45) is 2.94. The molecule has 0 aliphatic rings. The third kappa shape index (κ3) is 6.08. The zero-order valence-corrected chi connectivity index (χ0v) is 12.9. The number of pyridine rings is 1. The van der Waals surface area contributed by atoms with Gasteiger partial charge in [-0.1, -0.05) is 38.5 Å². The third-order valence-electron chi connectivity index (χ3n) is 2.58. The Morgan fingerprint density at radius 3 is 2.48 bits per heavy atom. The number of carbonyl (C=O) groups excluding carboxylic acids is 1. The van der Waals surface area contributed by atoms with E-state index in [2.05, 4.69) is 24.1 Å². The van der Waals surface area contributed by atoms with E-state index >= 15 is 0 Å². The number of nitrogens with zero attached hydrogens (tertiary/aromatic N) is 1. The maximum atomic E-state index is 10.9. The molecular formula is C17H23N3O. The van der Waals surface area contributed by atoms with Gasteiger partial charge in [0.25, 0.3) is 0 Å². The van der Waals surface area contributed by atoms with Gasteiger partial charge in [0.2, 0.25) is 5.91 Å². The molecule has 3 N–H and O–H groups in total. The van der Waals surface area contributed by atoms with Crippen molar-refractivity contribution < 1.29 is 4.79 Å². The molecule has 1 aromatic heterocycles. The minimum absolute atomic E-state index is 0.0337. The summed E-state index contributed by atoms with van der Waals surface area (Å²) in [6.45, 7) is 6.29. The molecule has 4 nitrogen and oxygen atoms in total. The largest absolute Gasteiger partial charge is 0.384 e. The molecule has 0 saturated heterocycles. The number of nitrogens with one attached hydrogen (secondary N) is 1. The molecule has 0 aliphatic carbocycles. The van der Waals surface area contributed by atoms with E-state index in [0.29, 0.717) is 12.4 Å². The SMILES string of the molecule is CC(=O)NCc1cccc(-c2ccnc(N)c2)c1.CCC. The lowest BCUT2D eigenvalue weighted by molar-refractivity contribution is -0.119. The van der Waals surface area contributed by atoms with E-state index < -0.39 is 0 Å². The van der Waals surface area contributed by atoms with Gasteiger partial charge in [0.1, 0.15) is 5.82 Å². The number of rotatable bonds is 3. The van der Waals surface area contributed by atoms with Crippen molar-refractivity contribution in [3.05, 3.63) is 48.2 Å². The molecule has 2 aromatic rings. The van der Waals surface area contributed by atoms with Crippen LogP contribution in [-0.4, -0.2) is 10.9 Å². The molecule has 0 atom stereocenters. The molecule has 0 fully saturated rings. The Balaban J connectivity index is 0.000000677. The highest BCUT2D eigenvalue weighted by atomic mass is 16.1. The highest BCUT2D eigenvalue weighted by Gasteiger charge is 2.01. The average Bonchev–Trinajstić information content (AvgIpc) is 2.46. The van der Waals surface area contributed by atoms with Gasteiger partial charge < -0.3 is 11.1 Å². The van der Waals surface area contributed by atoms with Crippen LogP contribution in [0.1, 0.15) is 32.8 Å². The quantitative estimate of drug-likeness (QED) is 0.908. The van der Waals surface area contributed by atoms with E-state index in [-0.39, 0.29) is 5.91 Å². The summed E-state index contributed by atoms with van der Waals surface area (Å²) in [5, 5.41) is 2.78. The molecule has 0 unspecified atom stereocenters. The van der Waals surface area contributed by atoms with Crippen molar-refractivity contribution >= 4 is 11.7 Å². The summed E-state index contributed by atoms with van der Waals surface area (Å²) in [7, 11) is 0. The van der Waals surface area contributed by atoms with Crippen LogP contribution in [0.3, 0.4) is 0 Å². The van der Waals surface area contributed by atoms with Crippen LogP contribution >= 0.6 is 0 Å². The number of hydrogen-bond acceptors (Lipinski definition) is 3. The van der Waals surface area contributed by atoms with Crippen molar-refractivity contribution in [1.29, 1.82) is 0 Å². The van der Waals surface area contributed by atoms with Gasteiger partial charge in [0.15, 0.2) is 0 Å². The van der Waals surface area contributed by atoms with E-state index in [1.807, 2.05) is 36.4 Å². The van der Waals surface area contributed by atoms with Gasteiger partial charge in [0, 0.05) is 19.7 Å². The van der Waals surface area contributed by atoms with Crippen LogP contribution < -0.4 is 11.1 Å². The summed E-state index contributed by atoms with van der Waals surface area (Å²) >= 11 is 0. The smallest absolute Gasteiger partial charge is 0.217 e. The van der Waals surface area contributed by atoms with Gasteiger partial charge in [-0.25, -0.2) is 4.98 Å². The summed E-state index contributed by atoms with van der Waals surface area (Å²) in [6, 6.07) is 11.7. The molecule has 1 aromatic carbocycles. The fraction of sp³-hybridized carbons (Fsp3) is 0.294. The maximum Gasteiger partial charge on any atom is 0.217 e. The van der Waals surface area contributed by atoms with Gasteiger partial charge in [-0.2, -0.15) is 0 Å². The van der Waals surface area contributed by atoms with Crippen molar-refractivity contribution in [1.82, 2.24) is 10.3 Å². The highest BCUT2D eigenvalue weighted by Crippen LogP contribution is 2.21. The number of carbonyl (C=O) groups is 1. The lowest BCUT2D eigenvalue weighted by Gasteiger charge is -2.06. The van der Waals surface area contributed by atoms with Crippen LogP contribution in [0.25, 0.3) is 11.1 Å². The second kappa shape index (κ2) is 8.74. The second-order valence-electron chi connectivity index (χ2n) is 4.79. The molecule has 112 valence electrons. The van der Waals surface area contributed by atoms with Crippen LogP contribution in [-0.2, 0) is 11.3 Å². The first-order chi connectivity index (χ1) is 10.1. The fourth-order valence-electron chi connectivity index (χ4n) is 1.72. The number of nitrogen functional groups attached to an aromatic ring is 1. The van der Waals surface area contributed by atoms with E-state index in [4.69, 9.17) is 5.73 Å². The van der Waals surface area contributed by atoms with Crippen LogP contribution in [0.5, 0.6) is 0 Å². The van der Waals surface area contributed by atoms with Crippen LogP contribution in [0.4, 0.5) is 5.82 Å². The lowest BCUT2D eigenvalue weighted by atomic mass is 10.0. The number of aromatic nitrogens is 1. The zero-order valence-electron chi connectivity index (χ0n) is 12.9. The number of nitrogens with two attached hydrogens (primary N) is 1. The molecule has 0 saturated carbocycles. The predicted octanol–water partition coefficient (Wildman–Crippen LogP) is 3.38. The molecule has 2 rings (SSSR count). The molecule has 1 amide bonds. The lowest BCUT2D eigenvalue weighted by Crippen LogP contribution is -2.18. The number of hydrogen-bond donors (Lipinski definition) is 2. The van der Waals surface area contributed by atoms with Crippen molar-refractivity contribution in [2.24, 2.45) is 0 Å². The minimum atomic E-state index is -0.0337. The number of benzene rings is 1. The van der Waals surface area contributed by atoms with E-state index in [1.165, 1.54) is 13.3 Å². The monoisotopic (exact) mass is 285 g/mol. The molecule has 0 bridgehead atoms. The number of amides is 1. The Labute approximate surface area is 126 Å². The van der Waals surface area contributed by atoms with E-state index in [1.54, 1.807) is 6.20 Å². The Bertz CT molecular complexity index is 582. The standard InChI is InChI=1S/C14H15N3O.C3H8/c1-10(18)17-9-11-3-2-4-12(7-11)13-5-6-16-14(15)8-13;1-3-2/h2-8H,9H2,1H3,(H2,15,16)(H,17,18);3H2,1-2H3. The molecule has 0 spiro atoms. The van der Waals surface area contributed by atoms with Crippen LogP contribution in [0.15, 0.2) is 42.6 Å². The molecular weight excluding hydrogens is 262 g/mol. The minimum Gasteiger partial charge on any atom is -0.384 e. The molecule has 4 heteroatoms. The summed E-state index contributed by atoms with van der Waals surface area (Å²) in [4.78, 5) is 14.8. The first-order valence-electron chi connectivity index (χ1n) is 7.12. The van der Waals surface area contributed by atoms with Gasteiger partial charge in [-0.15, -0.1) is 0 Å². The highest BCUT2D eigenvalue weighted by molar-refractivity contribution is 5.73. The summed E-state index contributed by atoms with van der Waals surface area (Å²) < 4.78 is 0. The zero-order chi connectivity index (χ0) is 15.7.